The van der Waals surface area contributed by atoms with Gasteiger partial charge in [0.15, 0.2) is 0 Å². The molecule has 0 aromatic heterocycles. The lowest BCUT2D eigenvalue weighted by atomic mass is 10.1. The molecule has 1 aliphatic carbocycles. The van der Waals surface area contributed by atoms with Gasteiger partial charge in [-0.1, -0.05) is 13.8 Å². The fourth-order valence-corrected chi connectivity index (χ4v) is 2.06. The summed E-state index contributed by atoms with van der Waals surface area (Å²) in [5.41, 5.74) is 0. The van der Waals surface area contributed by atoms with Crippen molar-refractivity contribution in [1.82, 2.24) is 4.90 Å². The van der Waals surface area contributed by atoms with Crippen LogP contribution in [0.3, 0.4) is 0 Å². The molecule has 78 valence electrons. The average molecular weight is 185 g/mol. The van der Waals surface area contributed by atoms with Crippen LogP contribution in [0.2, 0.25) is 0 Å². The van der Waals surface area contributed by atoms with Crippen LogP contribution in [0.15, 0.2) is 0 Å². The third kappa shape index (κ3) is 3.28. The lowest BCUT2D eigenvalue weighted by molar-refractivity contribution is 0.0838. The Bertz CT molecular complexity index is 147. The number of likely N-dealkylation sites (N-methyl/N-ethyl adjacent to an activating group) is 1. The first kappa shape index (κ1) is 11.0. The highest BCUT2D eigenvalue weighted by atomic mass is 16.3. The summed E-state index contributed by atoms with van der Waals surface area (Å²) in [5.74, 6) is 0.765. The summed E-state index contributed by atoms with van der Waals surface area (Å²) in [4.78, 5) is 2.33. The van der Waals surface area contributed by atoms with Gasteiger partial charge in [0, 0.05) is 6.04 Å². The second-order valence-corrected chi connectivity index (χ2v) is 4.73. The minimum Gasteiger partial charge on any atom is -0.391 e. The van der Waals surface area contributed by atoms with E-state index in [1.54, 1.807) is 0 Å². The Balaban J connectivity index is 2.25. The molecule has 0 aromatic rings. The molecule has 1 aliphatic rings. The van der Waals surface area contributed by atoms with E-state index in [0.29, 0.717) is 6.04 Å². The molecule has 1 fully saturated rings. The number of hydrogen-bond acceptors (Lipinski definition) is 2. The molecule has 0 spiro atoms. The minimum absolute atomic E-state index is 0.0721. The summed E-state index contributed by atoms with van der Waals surface area (Å²) in [5, 5.41) is 9.68. The molecule has 1 saturated carbocycles. The molecule has 0 unspecified atom stereocenters. The average Bonchev–Trinajstić information content (AvgIpc) is 2.47. The second-order valence-electron chi connectivity index (χ2n) is 4.73. The van der Waals surface area contributed by atoms with Crippen LogP contribution in [0.25, 0.3) is 0 Å². The largest absolute Gasteiger partial charge is 0.391 e. The summed E-state index contributed by atoms with van der Waals surface area (Å²) in [6, 6.07) is 0.429. The number of nitrogens with zero attached hydrogens (tertiary/aromatic N) is 1. The normalized spacial score (nSPS) is 29.1. The standard InChI is InChI=1S/C11H23NO/c1-9(2)7-8-12(3)10-5-4-6-11(10)13/h9-11,13H,4-8H2,1-3H3/t10-,11-/m1/s1. The van der Waals surface area contributed by atoms with Gasteiger partial charge in [-0.25, -0.2) is 0 Å². The highest BCUT2D eigenvalue weighted by Gasteiger charge is 2.28. The third-order valence-corrected chi connectivity index (χ3v) is 3.07. The molecule has 2 atom stereocenters. The number of hydrogen-bond donors (Lipinski definition) is 1. The maximum absolute atomic E-state index is 9.68. The van der Waals surface area contributed by atoms with E-state index in [4.69, 9.17) is 0 Å². The molecule has 13 heavy (non-hydrogen) atoms. The topological polar surface area (TPSA) is 23.5 Å². The van der Waals surface area contributed by atoms with Gasteiger partial charge < -0.3 is 10.0 Å². The van der Waals surface area contributed by atoms with Crippen molar-refractivity contribution in [3.63, 3.8) is 0 Å². The van der Waals surface area contributed by atoms with Crippen LogP contribution < -0.4 is 0 Å². The van der Waals surface area contributed by atoms with Crippen molar-refractivity contribution in [2.75, 3.05) is 13.6 Å². The molecule has 0 amide bonds. The van der Waals surface area contributed by atoms with Gasteiger partial charge in [0.2, 0.25) is 0 Å². The highest BCUT2D eigenvalue weighted by Crippen LogP contribution is 2.23. The summed E-state index contributed by atoms with van der Waals surface area (Å²) >= 11 is 0. The molecule has 0 aliphatic heterocycles. The fourth-order valence-electron chi connectivity index (χ4n) is 2.06. The maximum Gasteiger partial charge on any atom is 0.0695 e. The Morgan fingerprint density at radius 3 is 2.54 bits per heavy atom. The second kappa shape index (κ2) is 4.97. The van der Waals surface area contributed by atoms with Crippen LogP contribution in [0, 0.1) is 5.92 Å². The van der Waals surface area contributed by atoms with Gasteiger partial charge in [0.25, 0.3) is 0 Å². The quantitative estimate of drug-likeness (QED) is 0.723. The molecule has 1 N–H and O–H groups in total. The van der Waals surface area contributed by atoms with Crippen molar-refractivity contribution in [2.24, 2.45) is 5.92 Å². The molecular weight excluding hydrogens is 162 g/mol. The Labute approximate surface area is 81.9 Å². The van der Waals surface area contributed by atoms with E-state index in [1.165, 1.54) is 19.3 Å². The van der Waals surface area contributed by atoms with E-state index in [0.717, 1.165) is 18.9 Å². The molecule has 0 heterocycles. The summed E-state index contributed by atoms with van der Waals surface area (Å²) < 4.78 is 0. The highest BCUT2D eigenvalue weighted by molar-refractivity contribution is 4.83. The van der Waals surface area contributed by atoms with E-state index >= 15 is 0 Å². The van der Waals surface area contributed by atoms with E-state index < -0.39 is 0 Å². The van der Waals surface area contributed by atoms with Gasteiger partial charge in [-0.2, -0.15) is 0 Å². The molecule has 0 bridgehead atoms. The monoisotopic (exact) mass is 185 g/mol. The Kier molecular flexibility index (Phi) is 4.20. The van der Waals surface area contributed by atoms with Crippen LogP contribution in [0.5, 0.6) is 0 Å². The van der Waals surface area contributed by atoms with Crippen LogP contribution in [-0.4, -0.2) is 35.7 Å². The first-order valence-corrected chi connectivity index (χ1v) is 5.49. The van der Waals surface area contributed by atoms with E-state index in [2.05, 4.69) is 25.8 Å². The van der Waals surface area contributed by atoms with Gasteiger partial charge in [-0.3, -0.25) is 0 Å². The minimum atomic E-state index is -0.0721. The van der Waals surface area contributed by atoms with Gasteiger partial charge >= 0.3 is 0 Å². The zero-order valence-corrected chi connectivity index (χ0v) is 9.16. The van der Waals surface area contributed by atoms with Crippen molar-refractivity contribution < 1.29 is 5.11 Å². The van der Waals surface area contributed by atoms with Crippen molar-refractivity contribution in [2.45, 2.75) is 51.7 Å². The maximum atomic E-state index is 9.68. The summed E-state index contributed by atoms with van der Waals surface area (Å²) in [6.45, 7) is 5.62. The molecule has 2 nitrogen and oxygen atoms in total. The molecule has 2 heteroatoms. The smallest absolute Gasteiger partial charge is 0.0695 e. The van der Waals surface area contributed by atoms with E-state index in [-0.39, 0.29) is 6.10 Å². The van der Waals surface area contributed by atoms with Crippen molar-refractivity contribution in [3.8, 4) is 0 Å². The zero-order chi connectivity index (χ0) is 9.84. The first-order valence-electron chi connectivity index (χ1n) is 5.49. The number of aliphatic hydroxyl groups excluding tert-OH is 1. The lowest BCUT2D eigenvalue weighted by Gasteiger charge is -2.27. The van der Waals surface area contributed by atoms with Crippen LogP contribution in [0.1, 0.15) is 39.5 Å². The van der Waals surface area contributed by atoms with Crippen LogP contribution >= 0.6 is 0 Å². The molecule has 1 rings (SSSR count). The summed E-state index contributed by atoms with van der Waals surface area (Å²) in [7, 11) is 2.14. The molecule has 0 saturated heterocycles. The molecular formula is C11H23NO. The van der Waals surface area contributed by atoms with E-state index in [1.807, 2.05) is 0 Å². The number of rotatable bonds is 4. The van der Waals surface area contributed by atoms with Crippen LogP contribution in [-0.2, 0) is 0 Å². The Hall–Kier alpha value is -0.0800. The Morgan fingerprint density at radius 1 is 1.38 bits per heavy atom. The molecule has 0 radical (unpaired) electrons. The van der Waals surface area contributed by atoms with Crippen molar-refractivity contribution in [3.05, 3.63) is 0 Å². The predicted octanol–water partition coefficient (Wildman–Crippen LogP) is 1.88. The Morgan fingerprint density at radius 2 is 2.08 bits per heavy atom. The SMILES string of the molecule is CC(C)CCN(C)[C@@H]1CCC[C@H]1O. The van der Waals surface area contributed by atoms with Gasteiger partial charge in [-0.15, -0.1) is 0 Å². The molecule has 0 aromatic carbocycles. The van der Waals surface area contributed by atoms with E-state index in [9.17, 15) is 5.11 Å². The number of aliphatic hydroxyl groups is 1. The third-order valence-electron chi connectivity index (χ3n) is 3.07. The van der Waals surface area contributed by atoms with Gasteiger partial charge in [0.1, 0.15) is 0 Å². The predicted molar refractivity (Wildman–Crippen MR) is 55.7 cm³/mol. The van der Waals surface area contributed by atoms with Gasteiger partial charge in [0.05, 0.1) is 6.10 Å². The van der Waals surface area contributed by atoms with Crippen molar-refractivity contribution >= 4 is 0 Å². The fraction of sp³-hybridized carbons (Fsp3) is 1.00. The first-order chi connectivity index (χ1) is 6.11. The summed E-state index contributed by atoms with van der Waals surface area (Å²) in [6.07, 6.45) is 4.53. The van der Waals surface area contributed by atoms with Gasteiger partial charge in [-0.05, 0) is 45.2 Å². The van der Waals surface area contributed by atoms with Crippen molar-refractivity contribution in [1.29, 1.82) is 0 Å². The van der Waals surface area contributed by atoms with Crippen LogP contribution in [0.4, 0.5) is 0 Å². The lowest BCUT2D eigenvalue weighted by Crippen LogP contribution is -2.38. The zero-order valence-electron chi connectivity index (χ0n) is 9.16.